The number of aliphatic hydroxyl groups is 1. The number of likely N-dealkylation sites (tertiary alicyclic amines) is 2. The Labute approximate surface area is 379 Å². The van der Waals surface area contributed by atoms with Crippen molar-refractivity contribution in [3.8, 4) is 28.1 Å². The maximum Gasteiger partial charge on any atom is 0.407 e. The zero-order valence-electron chi connectivity index (χ0n) is 38.5. The van der Waals surface area contributed by atoms with E-state index in [1.54, 1.807) is 0 Å². The number of alkyl carbamates (subject to hydrolysis) is 1. The second-order valence-electron chi connectivity index (χ2n) is 19.1. The highest BCUT2D eigenvalue weighted by Crippen LogP contribution is 2.44. The van der Waals surface area contributed by atoms with E-state index in [0.717, 1.165) is 80.6 Å². The predicted octanol–water partition coefficient (Wildman–Crippen LogP) is 7.09. The Morgan fingerprint density at radius 3 is 2.43 bits per heavy atom. The van der Waals surface area contributed by atoms with Gasteiger partial charge in [-0.1, -0.05) is 39.0 Å². The summed E-state index contributed by atoms with van der Waals surface area (Å²) >= 11 is 0. The minimum atomic E-state index is -1.28. The highest BCUT2D eigenvalue weighted by atomic mass is 16.6. The highest BCUT2D eigenvalue weighted by Gasteiger charge is 2.44. The summed E-state index contributed by atoms with van der Waals surface area (Å²) in [7, 11) is 2.71. The van der Waals surface area contributed by atoms with E-state index in [-0.39, 0.29) is 59.9 Å². The number of hydrogen-bond acceptors (Lipinski definition) is 11. The fourth-order valence-electron chi connectivity index (χ4n) is 10.9. The number of methoxy groups -OCH3 is 2. The number of amides is 3. The van der Waals surface area contributed by atoms with E-state index in [2.05, 4.69) is 70.0 Å². The molecule has 3 amide bonds. The fourth-order valence-corrected chi connectivity index (χ4v) is 10.9. The molecule has 0 radical (unpaired) electrons. The number of nitrogens with one attached hydrogen (secondary N) is 4. The largest absolute Gasteiger partial charge is 0.488 e. The van der Waals surface area contributed by atoms with Crippen molar-refractivity contribution in [3.63, 3.8) is 0 Å². The van der Waals surface area contributed by atoms with Crippen molar-refractivity contribution in [2.45, 2.75) is 129 Å². The van der Waals surface area contributed by atoms with Crippen LogP contribution < -0.4 is 15.4 Å². The Morgan fingerprint density at radius 2 is 1.69 bits per heavy atom. The second-order valence-corrected chi connectivity index (χ2v) is 19.1. The molecule has 5 N–H and O–H groups in total. The summed E-state index contributed by atoms with van der Waals surface area (Å²) in [5.74, 6) is 2.08. The molecule has 0 spiro atoms. The molecule has 0 bridgehead atoms. The van der Waals surface area contributed by atoms with E-state index in [9.17, 15) is 19.5 Å². The molecular weight excluding hydrogens is 829 g/mol. The van der Waals surface area contributed by atoms with Gasteiger partial charge in [-0.2, -0.15) is 0 Å². The van der Waals surface area contributed by atoms with E-state index < -0.39 is 24.6 Å². The number of hydrogen-bond donors (Lipinski definition) is 5. The molecule has 0 aliphatic carbocycles. The highest BCUT2D eigenvalue weighted by molar-refractivity contribution is 6.07. The minimum Gasteiger partial charge on any atom is -0.488 e. The minimum absolute atomic E-state index is 0.00334. The smallest absolute Gasteiger partial charge is 0.407 e. The molecule has 4 aliphatic heterocycles. The maximum atomic E-state index is 14.6. The molecule has 4 aliphatic rings. The van der Waals surface area contributed by atoms with E-state index in [1.165, 1.54) is 14.2 Å². The van der Waals surface area contributed by atoms with E-state index >= 15 is 0 Å². The number of imidazole rings is 2. The van der Waals surface area contributed by atoms with Crippen LogP contribution in [0.2, 0.25) is 0 Å². The molecule has 65 heavy (non-hydrogen) atoms. The van der Waals surface area contributed by atoms with Crippen molar-refractivity contribution >= 4 is 39.7 Å². The standard InChI is InChI=1S/C49H62N8O8/c1-24(2)41(54-48(60)62-7)47(59)57-26(4)9-14-38(57)44-50-21-37(52-44)30-10-12-33-32(18-30)23-64-40-20-34-29(19-35(33)40)11-13-36-43(34)53-45(51-36)39-15-25(3)22-56(39)46(58)42(55-49(61)63-8)31-16-27(5)65-28(6)17-31/h10-13,18-21,24-28,31,38-39,41-42,49,55,61H,9,14-17,22-23H2,1-8H3,(H,50,52)(H,51,53)(H,54,60). The molecule has 0 saturated carbocycles. The van der Waals surface area contributed by atoms with Gasteiger partial charge in [-0.05, 0) is 117 Å². The molecule has 2 aromatic heterocycles. The van der Waals surface area contributed by atoms with Gasteiger partial charge < -0.3 is 49.1 Å². The molecule has 9 atom stereocenters. The number of aliphatic hydroxyl groups excluding tert-OH is 1. The van der Waals surface area contributed by atoms with Gasteiger partial charge in [0.25, 0.3) is 0 Å². The SMILES string of the molecule is COC(=O)NC(C(=O)N1C(C)CCC1c1ncc(-c2ccc3c(c2)COc2cc4c(ccc5[nH]c(C6CC(C)CN6C(=O)C(NC(O)OC)C6CC(C)OC(C)C6)nc54)cc2-3)[nH]1)C(C)C. The number of carbonyl (C=O) groups is 3. The van der Waals surface area contributed by atoms with Gasteiger partial charge in [-0.3, -0.25) is 14.9 Å². The first-order valence-corrected chi connectivity index (χ1v) is 23.1. The second kappa shape index (κ2) is 18.0. The van der Waals surface area contributed by atoms with Gasteiger partial charge in [0.05, 0.1) is 60.4 Å². The lowest BCUT2D eigenvalue weighted by Gasteiger charge is -2.39. The molecule has 16 heteroatoms. The van der Waals surface area contributed by atoms with Gasteiger partial charge in [-0.15, -0.1) is 0 Å². The molecule has 6 heterocycles. The number of H-pyrrole nitrogens is 2. The van der Waals surface area contributed by atoms with Gasteiger partial charge in [0.2, 0.25) is 18.2 Å². The van der Waals surface area contributed by atoms with Crippen LogP contribution in [0.1, 0.15) is 103 Å². The van der Waals surface area contributed by atoms with Crippen LogP contribution in [0.5, 0.6) is 5.75 Å². The third-order valence-electron chi connectivity index (χ3n) is 14.0. The van der Waals surface area contributed by atoms with Crippen molar-refractivity contribution < 1.29 is 38.4 Å². The normalized spacial score (nSPS) is 25.6. The first kappa shape index (κ1) is 44.6. The number of nitrogens with zero attached hydrogens (tertiary/aromatic N) is 4. The number of benzene rings is 3. The zero-order chi connectivity index (χ0) is 45.8. The first-order chi connectivity index (χ1) is 31.2. The number of rotatable bonds is 11. The predicted molar refractivity (Wildman–Crippen MR) is 244 cm³/mol. The average molecular weight is 891 g/mol. The molecule has 346 valence electrons. The summed E-state index contributed by atoms with van der Waals surface area (Å²) < 4.78 is 22.5. The van der Waals surface area contributed by atoms with E-state index in [0.29, 0.717) is 31.8 Å². The average Bonchev–Trinajstić information content (AvgIpc) is 4.11. The molecule has 3 fully saturated rings. The zero-order valence-corrected chi connectivity index (χ0v) is 38.5. The molecule has 3 saturated heterocycles. The van der Waals surface area contributed by atoms with Gasteiger partial charge in [0.15, 0.2) is 0 Å². The number of carbonyl (C=O) groups excluding carboxylic acids is 3. The molecule has 5 aromatic rings. The quantitative estimate of drug-likeness (QED) is 0.0850. The summed E-state index contributed by atoms with van der Waals surface area (Å²) in [4.78, 5) is 61.5. The number of fused-ring (bicyclic) bond motifs is 6. The molecular formula is C49H62N8O8. The van der Waals surface area contributed by atoms with E-state index in [1.807, 2.05) is 50.6 Å². The monoisotopic (exact) mass is 890 g/mol. The topological polar surface area (TPSA) is 196 Å². The summed E-state index contributed by atoms with van der Waals surface area (Å²) in [5.41, 5.74) is 6.63. The summed E-state index contributed by atoms with van der Waals surface area (Å²) in [6, 6.07) is 12.8. The lowest BCUT2D eigenvalue weighted by Crippen LogP contribution is -2.55. The molecule has 9 unspecified atom stereocenters. The Bertz CT molecular complexity index is 2580. The molecule has 16 nitrogen and oxygen atoms in total. The van der Waals surface area contributed by atoms with Crippen LogP contribution in [0.15, 0.2) is 48.7 Å². The Kier molecular flexibility index (Phi) is 12.4. The fraction of sp³-hybridized carbons (Fsp3) is 0.531. The van der Waals surface area contributed by atoms with Gasteiger partial charge in [0, 0.05) is 30.6 Å². The van der Waals surface area contributed by atoms with Crippen molar-refractivity contribution in [1.82, 2.24) is 40.4 Å². The van der Waals surface area contributed by atoms with Gasteiger partial charge >= 0.3 is 6.09 Å². The summed E-state index contributed by atoms with van der Waals surface area (Å²) in [5, 5.41) is 18.3. The van der Waals surface area contributed by atoms with Crippen molar-refractivity contribution in [2.24, 2.45) is 17.8 Å². The van der Waals surface area contributed by atoms with Crippen LogP contribution >= 0.6 is 0 Å². The Hall–Kier alpha value is -5.55. The lowest BCUT2D eigenvalue weighted by atomic mass is 9.85. The van der Waals surface area contributed by atoms with Crippen LogP contribution in [0.25, 0.3) is 44.2 Å². The Balaban J connectivity index is 0.963. The van der Waals surface area contributed by atoms with Crippen LogP contribution in [0, 0.1) is 17.8 Å². The lowest BCUT2D eigenvalue weighted by molar-refractivity contribution is -0.150. The first-order valence-electron chi connectivity index (χ1n) is 23.1. The summed E-state index contributed by atoms with van der Waals surface area (Å²) in [6.45, 7) is 13.0. The maximum absolute atomic E-state index is 14.6. The third kappa shape index (κ3) is 8.57. The van der Waals surface area contributed by atoms with Gasteiger partial charge in [-0.25, -0.2) is 14.8 Å². The molecule has 9 rings (SSSR count). The van der Waals surface area contributed by atoms with Crippen LogP contribution in [-0.2, 0) is 30.4 Å². The van der Waals surface area contributed by atoms with E-state index in [4.69, 9.17) is 28.9 Å². The number of aromatic amines is 2. The Morgan fingerprint density at radius 1 is 0.908 bits per heavy atom. The third-order valence-corrected chi connectivity index (χ3v) is 14.0. The van der Waals surface area contributed by atoms with Crippen molar-refractivity contribution in [1.29, 1.82) is 0 Å². The van der Waals surface area contributed by atoms with Crippen molar-refractivity contribution in [3.05, 3.63) is 65.9 Å². The van der Waals surface area contributed by atoms with Crippen molar-refractivity contribution in [2.75, 3.05) is 20.8 Å². The number of aromatic nitrogens is 4. The van der Waals surface area contributed by atoms with Crippen LogP contribution in [-0.4, -0.2) is 110 Å². The number of ether oxygens (including phenoxy) is 4. The molecule has 3 aromatic carbocycles. The van der Waals surface area contributed by atoms with Crippen LogP contribution in [0.3, 0.4) is 0 Å². The van der Waals surface area contributed by atoms with Gasteiger partial charge in [0.1, 0.15) is 30.0 Å². The van der Waals surface area contributed by atoms with Crippen LogP contribution in [0.4, 0.5) is 4.79 Å². The summed E-state index contributed by atoms with van der Waals surface area (Å²) in [6.07, 6.45) is 3.63.